The number of carbonyl (C=O) groups excluding carboxylic acids is 2. The lowest BCUT2D eigenvalue weighted by Gasteiger charge is -2.19. The molecule has 7 heteroatoms. The normalized spacial score (nSPS) is 11.2. The van der Waals surface area contributed by atoms with Crippen LogP contribution in [0.15, 0.2) is 28.7 Å². The number of rotatable bonds is 7. The lowest BCUT2D eigenvalue weighted by molar-refractivity contribution is -0.137. The minimum absolute atomic E-state index is 0.252. The van der Waals surface area contributed by atoms with Gasteiger partial charge in [-0.1, -0.05) is 12.1 Å². The summed E-state index contributed by atoms with van der Waals surface area (Å²) in [5.74, 6) is 0.161. The Labute approximate surface area is 156 Å². The second-order valence-corrected chi connectivity index (χ2v) is 6.88. The van der Waals surface area contributed by atoms with Gasteiger partial charge in [0.25, 0.3) is 0 Å². The van der Waals surface area contributed by atoms with Gasteiger partial charge in [-0.3, -0.25) is 0 Å². The lowest BCUT2D eigenvalue weighted by Crippen LogP contribution is -2.34. The van der Waals surface area contributed by atoms with Gasteiger partial charge in [0.15, 0.2) is 0 Å². The summed E-state index contributed by atoms with van der Waals surface area (Å²) in [6, 6.07) is 5.48. The van der Waals surface area contributed by atoms with E-state index < -0.39 is 17.7 Å². The van der Waals surface area contributed by atoms with E-state index >= 15 is 0 Å². The maximum Gasteiger partial charge on any atom is 0.407 e. The monoisotopic (exact) mass is 413 g/mol. The van der Waals surface area contributed by atoms with Gasteiger partial charge in [0.2, 0.25) is 0 Å². The number of para-hydroxylation sites is 1. The van der Waals surface area contributed by atoms with Crippen molar-refractivity contribution in [3.63, 3.8) is 0 Å². The van der Waals surface area contributed by atoms with Crippen LogP contribution in [0.3, 0.4) is 0 Å². The molecule has 0 unspecified atom stereocenters. The highest BCUT2D eigenvalue weighted by molar-refractivity contribution is 9.10. The molecule has 0 saturated heterocycles. The predicted molar refractivity (Wildman–Crippen MR) is 99.5 cm³/mol. The van der Waals surface area contributed by atoms with Crippen molar-refractivity contribution in [3.05, 3.63) is 34.3 Å². The van der Waals surface area contributed by atoms with E-state index in [2.05, 4.69) is 21.2 Å². The van der Waals surface area contributed by atoms with E-state index in [1.54, 1.807) is 33.8 Å². The molecule has 0 aliphatic heterocycles. The molecule has 138 valence electrons. The standard InChI is InChI=1S/C18H24BrNO5/c1-5-23-15(21)10-9-13-7-6-8-14(19)16(13)24-12-11-20-17(22)25-18(2,3)4/h6-10H,5,11-12H2,1-4H3,(H,20,22)/b10-9+. The number of amides is 1. The zero-order valence-electron chi connectivity index (χ0n) is 14.9. The van der Waals surface area contributed by atoms with Gasteiger partial charge < -0.3 is 19.5 Å². The molecule has 6 nitrogen and oxygen atoms in total. The average Bonchev–Trinajstić information content (AvgIpc) is 2.49. The van der Waals surface area contributed by atoms with Crippen molar-refractivity contribution < 1.29 is 23.8 Å². The maximum absolute atomic E-state index is 11.6. The van der Waals surface area contributed by atoms with Crippen LogP contribution in [0.5, 0.6) is 5.75 Å². The maximum atomic E-state index is 11.6. The van der Waals surface area contributed by atoms with E-state index in [-0.39, 0.29) is 13.2 Å². The molecule has 0 radical (unpaired) electrons. The van der Waals surface area contributed by atoms with E-state index in [1.165, 1.54) is 6.08 Å². The number of halogens is 1. The Morgan fingerprint density at radius 2 is 2.00 bits per heavy atom. The third kappa shape index (κ3) is 8.58. The summed E-state index contributed by atoms with van der Waals surface area (Å²) in [7, 11) is 0. The largest absolute Gasteiger partial charge is 0.490 e. The van der Waals surface area contributed by atoms with E-state index in [4.69, 9.17) is 14.2 Å². The molecule has 1 N–H and O–H groups in total. The zero-order valence-corrected chi connectivity index (χ0v) is 16.5. The Kier molecular flexibility index (Phi) is 8.48. The fourth-order valence-electron chi connectivity index (χ4n) is 1.78. The summed E-state index contributed by atoms with van der Waals surface area (Å²) in [6.07, 6.45) is 2.47. The fraction of sp³-hybridized carbons (Fsp3) is 0.444. The second kappa shape index (κ2) is 10.1. The number of alkyl carbamates (subject to hydrolysis) is 1. The van der Waals surface area contributed by atoms with Crippen LogP contribution < -0.4 is 10.1 Å². The third-order valence-corrected chi connectivity index (χ3v) is 3.32. The van der Waals surface area contributed by atoms with Crippen LogP contribution in [0.2, 0.25) is 0 Å². The highest BCUT2D eigenvalue weighted by Crippen LogP contribution is 2.30. The van der Waals surface area contributed by atoms with Gasteiger partial charge in [0.1, 0.15) is 18.0 Å². The SMILES string of the molecule is CCOC(=O)/C=C/c1cccc(Br)c1OCCNC(=O)OC(C)(C)C. The van der Waals surface area contributed by atoms with Gasteiger partial charge in [0.05, 0.1) is 17.6 Å². The number of nitrogens with one attached hydrogen (secondary N) is 1. The first-order valence-corrected chi connectivity index (χ1v) is 8.75. The Hall–Kier alpha value is -2.02. The summed E-state index contributed by atoms with van der Waals surface area (Å²) in [5, 5.41) is 2.62. The van der Waals surface area contributed by atoms with Crippen LogP contribution in [0, 0.1) is 0 Å². The Balaban J connectivity index is 2.61. The second-order valence-electron chi connectivity index (χ2n) is 6.02. The summed E-state index contributed by atoms with van der Waals surface area (Å²) in [6.45, 7) is 8.00. The molecular formula is C18H24BrNO5. The lowest BCUT2D eigenvalue weighted by atomic mass is 10.2. The van der Waals surface area contributed by atoms with Gasteiger partial charge >= 0.3 is 12.1 Å². The number of ether oxygens (including phenoxy) is 3. The van der Waals surface area contributed by atoms with Gasteiger partial charge in [-0.05, 0) is 55.8 Å². The first kappa shape index (κ1) is 21.0. The van der Waals surface area contributed by atoms with Crippen LogP contribution >= 0.6 is 15.9 Å². The van der Waals surface area contributed by atoms with Crippen molar-refractivity contribution >= 4 is 34.1 Å². The quantitative estimate of drug-likeness (QED) is 0.416. The van der Waals surface area contributed by atoms with E-state index in [0.29, 0.717) is 12.4 Å². The molecular weight excluding hydrogens is 390 g/mol. The first-order valence-electron chi connectivity index (χ1n) is 7.96. The molecule has 1 aromatic carbocycles. The van der Waals surface area contributed by atoms with Gasteiger partial charge in [0, 0.05) is 11.6 Å². The number of hydrogen-bond donors (Lipinski definition) is 1. The molecule has 25 heavy (non-hydrogen) atoms. The Bertz CT molecular complexity index is 622. The molecule has 1 rings (SSSR count). The zero-order chi connectivity index (χ0) is 18.9. The molecule has 0 fully saturated rings. The summed E-state index contributed by atoms with van der Waals surface area (Å²) < 4.78 is 16.5. The van der Waals surface area contributed by atoms with Gasteiger partial charge in [-0.15, -0.1) is 0 Å². The average molecular weight is 414 g/mol. The number of benzene rings is 1. The summed E-state index contributed by atoms with van der Waals surface area (Å²) >= 11 is 3.42. The van der Waals surface area contributed by atoms with Crippen molar-refractivity contribution in [1.29, 1.82) is 0 Å². The van der Waals surface area contributed by atoms with Crippen molar-refractivity contribution in [2.24, 2.45) is 0 Å². The van der Waals surface area contributed by atoms with Crippen LogP contribution in [0.1, 0.15) is 33.3 Å². The molecule has 0 aliphatic rings. The molecule has 0 atom stereocenters. The fourth-order valence-corrected chi connectivity index (χ4v) is 2.27. The van der Waals surface area contributed by atoms with Crippen molar-refractivity contribution in [2.45, 2.75) is 33.3 Å². The van der Waals surface area contributed by atoms with E-state index in [0.717, 1.165) is 10.0 Å². The van der Waals surface area contributed by atoms with Crippen molar-refractivity contribution in [3.8, 4) is 5.75 Å². The Morgan fingerprint density at radius 1 is 1.28 bits per heavy atom. The van der Waals surface area contributed by atoms with Crippen LogP contribution in [0.25, 0.3) is 6.08 Å². The number of esters is 1. The van der Waals surface area contributed by atoms with Gasteiger partial charge in [-0.25, -0.2) is 9.59 Å². The molecule has 0 aromatic heterocycles. The van der Waals surface area contributed by atoms with Crippen LogP contribution in [0.4, 0.5) is 4.79 Å². The predicted octanol–water partition coefficient (Wildman–Crippen LogP) is 3.93. The molecule has 0 aliphatic carbocycles. The molecule has 0 spiro atoms. The minimum atomic E-state index is -0.543. The first-order chi connectivity index (χ1) is 11.7. The third-order valence-electron chi connectivity index (χ3n) is 2.70. The molecule has 0 saturated carbocycles. The topological polar surface area (TPSA) is 73.9 Å². The molecule has 0 heterocycles. The summed E-state index contributed by atoms with van der Waals surface area (Å²) in [4.78, 5) is 23.0. The molecule has 1 amide bonds. The molecule has 1 aromatic rings. The van der Waals surface area contributed by atoms with E-state index in [9.17, 15) is 9.59 Å². The number of hydrogen-bond acceptors (Lipinski definition) is 5. The summed E-state index contributed by atoms with van der Waals surface area (Å²) in [5.41, 5.74) is 0.179. The van der Waals surface area contributed by atoms with E-state index in [1.807, 2.05) is 18.2 Å². The highest BCUT2D eigenvalue weighted by Gasteiger charge is 2.15. The highest BCUT2D eigenvalue weighted by atomic mass is 79.9. The smallest absolute Gasteiger partial charge is 0.407 e. The van der Waals surface area contributed by atoms with Crippen LogP contribution in [-0.2, 0) is 14.3 Å². The Morgan fingerprint density at radius 3 is 2.64 bits per heavy atom. The van der Waals surface area contributed by atoms with Gasteiger partial charge in [-0.2, -0.15) is 0 Å². The molecule has 0 bridgehead atoms. The van der Waals surface area contributed by atoms with Crippen molar-refractivity contribution in [1.82, 2.24) is 5.32 Å². The number of carbonyl (C=O) groups is 2. The van der Waals surface area contributed by atoms with Crippen molar-refractivity contribution in [2.75, 3.05) is 19.8 Å². The van der Waals surface area contributed by atoms with Crippen LogP contribution in [-0.4, -0.2) is 37.4 Å². The minimum Gasteiger partial charge on any atom is -0.490 e.